The van der Waals surface area contributed by atoms with E-state index in [1.165, 1.54) is 11.3 Å². The van der Waals surface area contributed by atoms with Gasteiger partial charge < -0.3 is 10.6 Å². The highest BCUT2D eigenvalue weighted by molar-refractivity contribution is 5.46. The van der Waals surface area contributed by atoms with Crippen LogP contribution in [0.1, 0.15) is 18.4 Å². The second-order valence-corrected chi connectivity index (χ2v) is 5.30. The van der Waals surface area contributed by atoms with Gasteiger partial charge in [0, 0.05) is 19.1 Å². The van der Waals surface area contributed by atoms with E-state index in [9.17, 15) is 0 Å². The van der Waals surface area contributed by atoms with E-state index in [0.717, 1.165) is 31.6 Å². The molecular weight excluding hydrogens is 236 g/mol. The van der Waals surface area contributed by atoms with Crippen LogP contribution in [0.2, 0.25) is 0 Å². The van der Waals surface area contributed by atoms with Crippen LogP contribution in [0.25, 0.3) is 5.69 Å². The van der Waals surface area contributed by atoms with Gasteiger partial charge in [-0.25, -0.2) is 4.68 Å². The molecule has 19 heavy (non-hydrogen) atoms. The minimum atomic E-state index is 0.364. The first-order valence-electron chi connectivity index (χ1n) is 6.84. The number of aryl methyl sites for hydroxylation is 1. The van der Waals surface area contributed by atoms with E-state index in [2.05, 4.69) is 47.4 Å². The summed E-state index contributed by atoms with van der Waals surface area (Å²) in [7, 11) is 0. The first kappa shape index (κ1) is 12.2. The average molecular weight is 256 g/mol. The molecule has 1 aromatic heterocycles. The second kappa shape index (κ2) is 5.05. The molecule has 100 valence electrons. The lowest BCUT2D eigenvalue weighted by Gasteiger charge is -2.30. The highest BCUT2D eigenvalue weighted by Crippen LogP contribution is 2.20. The van der Waals surface area contributed by atoms with Crippen molar-refractivity contribution in [2.45, 2.75) is 25.8 Å². The first-order chi connectivity index (χ1) is 9.22. The van der Waals surface area contributed by atoms with Crippen molar-refractivity contribution in [1.29, 1.82) is 0 Å². The predicted molar refractivity (Wildman–Crippen MR) is 77.7 cm³/mol. The zero-order valence-electron chi connectivity index (χ0n) is 11.3. The molecule has 2 heterocycles. The number of nitrogens with zero attached hydrogens (tertiary/aromatic N) is 3. The Bertz CT molecular complexity index is 536. The zero-order valence-corrected chi connectivity index (χ0v) is 11.3. The van der Waals surface area contributed by atoms with Crippen molar-refractivity contribution >= 4 is 5.69 Å². The van der Waals surface area contributed by atoms with Crippen molar-refractivity contribution in [2.24, 2.45) is 5.73 Å². The Balaban J connectivity index is 1.77. The Morgan fingerprint density at radius 1 is 1.11 bits per heavy atom. The highest BCUT2D eigenvalue weighted by Gasteiger charge is 2.17. The van der Waals surface area contributed by atoms with Crippen LogP contribution in [-0.4, -0.2) is 28.9 Å². The quantitative estimate of drug-likeness (QED) is 0.895. The number of anilines is 1. The van der Waals surface area contributed by atoms with E-state index in [-0.39, 0.29) is 0 Å². The van der Waals surface area contributed by atoms with Gasteiger partial charge in [0.2, 0.25) is 0 Å². The number of hydrogen-bond acceptors (Lipinski definition) is 3. The molecule has 2 N–H and O–H groups in total. The standard InChI is InChI=1S/C15H20N4/c1-12-2-4-14(5-3-12)19-11-15(10-17-19)18-8-6-13(16)7-9-18/h2-5,10-11,13H,6-9,16H2,1H3. The van der Waals surface area contributed by atoms with Crippen molar-refractivity contribution in [3.63, 3.8) is 0 Å². The molecule has 4 heteroatoms. The lowest BCUT2D eigenvalue weighted by atomic mass is 10.1. The number of benzene rings is 1. The minimum absolute atomic E-state index is 0.364. The fourth-order valence-electron chi connectivity index (χ4n) is 2.47. The fraction of sp³-hybridized carbons (Fsp3) is 0.400. The molecule has 0 bridgehead atoms. The number of aromatic nitrogens is 2. The molecule has 1 fully saturated rings. The third kappa shape index (κ3) is 2.63. The summed E-state index contributed by atoms with van der Waals surface area (Å²) in [5.74, 6) is 0. The monoisotopic (exact) mass is 256 g/mol. The number of rotatable bonds is 2. The van der Waals surface area contributed by atoms with E-state index in [0.29, 0.717) is 6.04 Å². The van der Waals surface area contributed by atoms with Crippen LogP contribution < -0.4 is 10.6 Å². The van der Waals surface area contributed by atoms with Gasteiger partial charge in [0.25, 0.3) is 0 Å². The van der Waals surface area contributed by atoms with Gasteiger partial charge in [-0.15, -0.1) is 0 Å². The Labute approximate surface area is 113 Å². The first-order valence-corrected chi connectivity index (χ1v) is 6.84. The molecule has 0 saturated carbocycles. The molecule has 0 aliphatic carbocycles. The summed E-state index contributed by atoms with van der Waals surface area (Å²) < 4.78 is 1.93. The minimum Gasteiger partial charge on any atom is -0.369 e. The third-order valence-electron chi connectivity index (χ3n) is 3.77. The van der Waals surface area contributed by atoms with Crippen molar-refractivity contribution < 1.29 is 0 Å². The third-order valence-corrected chi connectivity index (χ3v) is 3.77. The van der Waals surface area contributed by atoms with Crippen molar-refractivity contribution in [3.8, 4) is 5.69 Å². The summed E-state index contributed by atoms with van der Waals surface area (Å²) in [6.07, 6.45) is 6.17. The van der Waals surface area contributed by atoms with Crippen LogP contribution in [0.15, 0.2) is 36.7 Å². The van der Waals surface area contributed by atoms with Crippen molar-refractivity contribution in [2.75, 3.05) is 18.0 Å². The van der Waals surface area contributed by atoms with E-state index in [4.69, 9.17) is 5.73 Å². The van der Waals surface area contributed by atoms with E-state index in [1.54, 1.807) is 0 Å². The molecule has 3 rings (SSSR count). The molecule has 1 aliphatic heterocycles. The summed E-state index contributed by atoms with van der Waals surface area (Å²) in [4.78, 5) is 2.36. The average Bonchev–Trinajstić information content (AvgIpc) is 2.90. The van der Waals surface area contributed by atoms with Gasteiger partial charge >= 0.3 is 0 Å². The molecule has 1 saturated heterocycles. The smallest absolute Gasteiger partial charge is 0.0757 e. The Morgan fingerprint density at radius 3 is 2.47 bits per heavy atom. The van der Waals surface area contributed by atoms with Crippen molar-refractivity contribution in [3.05, 3.63) is 42.2 Å². The van der Waals surface area contributed by atoms with Crippen LogP contribution in [-0.2, 0) is 0 Å². The lowest BCUT2D eigenvalue weighted by Crippen LogP contribution is -2.39. The number of nitrogens with two attached hydrogens (primary N) is 1. The molecule has 1 aliphatic rings. The maximum Gasteiger partial charge on any atom is 0.0757 e. The summed E-state index contributed by atoms with van der Waals surface area (Å²) in [6.45, 7) is 4.15. The van der Waals surface area contributed by atoms with Crippen molar-refractivity contribution in [1.82, 2.24) is 9.78 Å². The summed E-state index contributed by atoms with van der Waals surface area (Å²) in [5.41, 5.74) is 9.49. The Morgan fingerprint density at radius 2 is 1.79 bits per heavy atom. The van der Waals surface area contributed by atoms with Gasteiger partial charge in [0.1, 0.15) is 0 Å². The number of hydrogen-bond donors (Lipinski definition) is 1. The van der Waals surface area contributed by atoms with Gasteiger partial charge in [0.15, 0.2) is 0 Å². The Kier molecular flexibility index (Phi) is 3.25. The van der Waals surface area contributed by atoms with Crippen LogP contribution in [0, 0.1) is 6.92 Å². The van der Waals surface area contributed by atoms with Crippen LogP contribution in [0.4, 0.5) is 5.69 Å². The molecule has 0 radical (unpaired) electrons. The molecule has 0 amide bonds. The lowest BCUT2D eigenvalue weighted by molar-refractivity contribution is 0.501. The normalized spacial score (nSPS) is 16.8. The van der Waals surface area contributed by atoms with Crippen LogP contribution in [0.3, 0.4) is 0 Å². The molecular formula is C15H20N4. The topological polar surface area (TPSA) is 47.1 Å². The van der Waals surface area contributed by atoms with Gasteiger partial charge in [-0.05, 0) is 31.9 Å². The van der Waals surface area contributed by atoms with Crippen LogP contribution in [0.5, 0.6) is 0 Å². The predicted octanol–water partition coefficient (Wildman–Crippen LogP) is 2.11. The summed E-state index contributed by atoms with van der Waals surface area (Å²) >= 11 is 0. The van der Waals surface area contributed by atoms with E-state index >= 15 is 0 Å². The largest absolute Gasteiger partial charge is 0.369 e. The molecule has 1 aromatic carbocycles. The summed E-state index contributed by atoms with van der Waals surface area (Å²) in [6, 6.07) is 8.77. The van der Waals surface area contributed by atoms with E-state index in [1.807, 2.05) is 10.9 Å². The maximum atomic E-state index is 5.94. The molecule has 4 nitrogen and oxygen atoms in total. The molecule has 0 atom stereocenters. The molecule has 2 aromatic rings. The van der Waals surface area contributed by atoms with Gasteiger partial charge in [-0.2, -0.15) is 5.10 Å². The SMILES string of the molecule is Cc1ccc(-n2cc(N3CCC(N)CC3)cn2)cc1. The maximum absolute atomic E-state index is 5.94. The fourth-order valence-corrected chi connectivity index (χ4v) is 2.47. The second-order valence-electron chi connectivity index (χ2n) is 5.30. The van der Waals surface area contributed by atoms with E-state index < -0.39 is 0 Å². The highest BCUT2D eigenvalue weighted by atomic mass is 15.3. The molecule has 0 unspecified atom stereocenters. The zero-order chi connectivity index (χ0) is 13.2. The number of piperidine rings is 1. The van der Waals surface area contributed by atoms with Gasteiger partial charge in [0.05, 0.1) is 23.8 Å². The molecule has 0 spiro atoms. The van der Waals surface area contributed by atoms with Crippen LogP contribution >= 0.6 is 0 Å². The van der Waals surface area contributed by atoms with Gasteiger partial charge in [-0.1, -0.05) is 17.7 Å². The Hall–Kier alpha value is -1.81. The summed E-state index contributed by atoms with van der Waals surface area (Å²) in [5, 5.41) is 4.45. The van der Waals surface area contributed by atoms with Gasteiger partial charge in [-0.3, -0.25) is 0 Å².